The molecule has 1 N–H and O–H groups in total. The number of aliphatic carboxylic acids is 1. The van der Waals surface area contributed by atoms with Gasteiger partial charge in [0, 0.05) is 12.4 Å². The maximum Gasteiger partial charge on any atom is 0.317 e. The summed E-state index contributed by atoms with van der Waals surface area (Å²) in [5.74, 6) is -0.802. The summed E-state index contributed by atoms with van der Waals surface area (Å²) in [7, 11) is 0. The van der Waals surface area contributed by atoms with Crippen LogP contribution in [0.15, 0.2) is 23.6 Å². The van der Waals surface area contributed by atoms with Crippen molar-refractivity contribution in [2.75, 3.05) is 0 Å². The molecule has 0 amide bonds. The summed E-state index contributed by atoms with van der Waals surface area (Å²) >= 11 is 1.20. The first kappa shape index (κ1) is 11.0. The summed E-state index contributed by atoms with van der Waals surface area (Å²) in [6.45, 7) is 1.96. The van der Waals surface area contributed by atoms with Crippen LogP contribution >= 0.6 is 11.8 Å². The Labute approximate surface area is 86.8 Å². The van der Waals surface area contributed by atoms with Crippen molar-refractivity contribution in [2.24, 2.45) is 0 Å². The molecule has 1 rings (SSSR count). The Morgan fingerprint density at radius 2 is 2.21 bits per heavy atom. The second-order valence-electron chi connectivity index (χ2n) is 2.76. The minimum absolute atomic E-state index is 0.442. The van der Waals surface area contributed by atoms with Crippen LogP contribution in [0.2, 0.25) is 0 Å². The highest BCUT2D eigenvalue weighted by Gasteiger charge is 2.18. The number of nitrogens with zero attached hydrogens (tertiary/aromatic N) is 2. The first-order valence-corrected chi connectivity index (χ1v) is 5.28. The average Bonchev–Trinajstić information content (AvgIpc) is 2.18. The van der Waals surface area contributed by atoms with E-state index >= 15 is 0 Å². The fraction of sp³-hybridized carbons (Fsp3) is 0.444. The van der Waals surface area contributed by atoms with Gasteiger partial charge in [-0.05, 0) is 12.5 Å². The quantitative estimate of drug-likeness (QED) is 0.596. The zero-order valence-electron chi connectivity index (χ0n) is 7.88. The lowest BCUT2D eigenvalue weighted by Gasteiger charge is -2.08. The average molecular weight is 212 g/mol. The minimum Gasteiger partial charge on any atom is -0.480 e. The van der Waals surface area contributed by atoms with Crippen molar-refractivity contribution in [3.8, 4) is 0 Å². The summed E-state index contributed by atoms with van der Waals surface area (Å²) in [5, 5.41) is 8.97. The zero-order chi connectivity index (χ0) is 10.4. The van der Waals surface area contributed by atoms with Crippen LogP contribution in [0.25, 0.3) is 0 Å². The predicted octanol–water partition coefficient (Wildman–Crippen LogP) is 1.82. The fourth-order valence-corrected chi connectivity index (χ4v) is 1.92. The maximum atomic E-state index is 10.8. The first-order valence-electron chi connectivity index (χ1n) is 4.40. The van der Waals surface area contributed by atoms with E-state index in [0.29, 0.717) is 11.6 Å². The first-order chi connectivity index (χ1) is 6.74. The van der Waals surface area contributed by atoms with Crippen LogP contribution in [0.3, 0.4) is 0 Å². The summed E-state index contributed by atoms with van der Waals surface area (Å²) in [6.07, 6.45) is 4.70. The van der Waals surface area contributed by atoms with E-state index in [4.69, 9.17) is 5.11 Å². The van der Waals surface area contributed by atoms with E-state index in [-0.39, 0.29) is 0 Å². The smallest absolute Gasteiger partial charge is 0.317 e. The van der Waals surface area contributed by atoms with Crippen molar-refractivity contribution in [2.45, 2.75) is 30.2 Å². The van der Waals surface area contributed by atoms with Crippen LogP contribution in [0.4, 0.5) is 0 Å². The Bertz CT molecular complexity index is 292. The Morgan fingerprint density at radius 3 is 2.71 bits per heavy atom. The molecular formula is C9H12N2O2S. The third-order valence-electron chi connectivity index (χ3n) is 1.62. The van der Waals surface area contributed by atoms with Crippen LogP contribution < -0.4 is 0 Å². The zero-order valence-corrected chi connectivity index (χ0v) is 8.70. The van der Waals surface area contributed by atoms with Crippen molar-refractivity contribution in [3.05, 3.63) is 18.5 Å². The number of hydrogen-bond donors (Lipinski definition) is 1. The number of carboxylic acid groups (broad SMARTS) is 1. The molecule has 1 aromatic heterocycles. The molecule has 0 fully saturated rings. The van der Waals surface area contributed by atoms with Gasteiger partial charge in [0.25, 0.3) is 0 Å². The molecule has 5 heteroatoms. The van der Waals surface area contributed by atoms with Gasteiger partial charge in [-0.15, -0.1) is 0 Å². The molecule has 0 aliphatic carbocycles. The lowest BCUT2D eigenvalue weighted by molar-refractivity contribution is -0.136. The van der Waals surface area contributed by atoms with Crippen LogP contribution in [0, 0.1) is 0 Å². The summed E-state index contributed by atoms with van der Waals surface area (Å²) in [5.41, 5.74) is 0. The van der Waals surface area contributed by atoms with E-state index in [2.05, 4.69) is 9.97 Å². The normalized spacial score (nSPS) is 12.4. The molecule has 1 atom stereocenters. The van der Waals surface area contributed by atoms with Gasteiger partial charge in [0.05, 0.1) is 0 Å². The van der Waals surface area contributed by atoms with Gasteiger partial charge in [0.2, 0.25) is 0 Å². The molecule has 0 aliphatic rings. The van der Waals surface area contributed by atoms with E-state index in [0.717, 1.165) is 6.42 Å². The molecule has 1 aromatic rings. The Balaban J connectivity index is 2.60. The summed E-state index contributed by atoms with van der Waals surface area (Å²) < 4.78 is 0. The van der Waals surface area contributed by atoms with E-state index in [9.17, 15) is 4.79 Å². The SMILES string of the molecule is CCCC(Sc1ncccn1)C(=O)O. The number of aromatic nitrogens is 2. The van der Waals surface area contributed by atoms with E-state index in [1.165, 1.54) is 11.8 Å². The lowest BCUT2D eigenvalue weighted by Crippen LogP contribution is -2.16. The number of hydrogen-bond acceptors (Lipinski definition) is 4. The van der Waals surface area contributed by atoms with Gasteiger partial charge in [-0.2, -0.15) is 0 Å². The van der Waals surface area contributed by atoms with Crippen molar-refractivity contribution in [1.82, 2.24) is 9.97 Å². The molecule has 0 spiro atoms. The molecule has 0 aromatic carbocycles. The van der Waals surface area contributed by atoms with Crippen molar-refractivity contribution in [1.29, 1.82) is 0 Å². The topological polar surface area (TPSA) is 63.1 Å². The molecule has 1 unspecified atom stereocenters. The van der Waals surface area contributed by atoms with Crippen molar-refractivity contribution in [3.63, 3.8) is 0 Å². The molecule has 0 saturated heterocycles. The van der Waals surface area contributed by atoms with Crippen LogP contribution in [0.1, 0.15) is 19.8 Å². The van der Waals surface area contributed by atoms with Crippen molar-refractivity contribution >= 4 is 17.7 Å². The molecule has 4 nitrogen and oxygen atoms in total. The molecule has 0 bridgehead atoms. The molecular weight excluding hydrogens is 200 g/mol. The Morgan fingerprint density at radius 1 is 1.57 bits per heavy atom. The Kier molecular flexibility index (Phi) is 4.39. The largest absolute Gasteiger partial charge is 0.480 e. The molecule has 76 valence electrons. The van der Waals surface area contributed by atoms with E-state index in [1.54, 1.807) is 18.5 Å². The van der Waals surface area contributed by atoms with Gasteiger partial charge in [-0.25, -0.2) is 9.97 Å². The van der Waals surface area contributed by atoms with Gasteiger partial charge in [0.15, 0.2) is 5.16 Å². The lowest BCUT2D eigenvalue weighted by atomic mass is 10.2. The monoisotopic (exact) mass is 212 g/mol. The van der Waals surface area contributed by atoms with Gasteiger partial charge >= 0.3 is 5.97 Å². The molecule has 14 heavy (non-hydrogen) atoms. The van der Waals surface area contributed by atoms with Gasteiger partial charge in [0.1, 0.15) is 5.25 Å². The highest BCUT2D eigenvalue weighted by atomic mass is 32.2. The number of carbonyl (C=O) groups is 1. The second kappa shape index (κ2) is 5.59. The van der Waals surface area contributed by atoms with Gasteiger partial charge < -0.3 is 5.11 Å². The number of thioether (sulfide) groups is 1. The minimum atomic E-state index is -0.802. The second-order valence-corrected chi connectivity index (χ2v) is 3.93. The third kappa shape index (κ3) is 3.33. The summed E-state index contributed by atoms with van der Waals surface area (Å²) in [4.78, 5) is 18.8. The van der Waals surface area contributed by atoms with E-state index < -0.39 is 11.2 Å². The van der Waals surface area contributed by atoms with Crippen LogP contribution in [0.5, 0.6) is 0 Å². The van der Waals surface area contributed by atoms with Crippen LogP contribution in [-0.4, -0.2) is 26.3 Å². The molecule has 0 radical (unpaired) electrons. The third-order valence-corrected chi connectivity index (χ3v) is 2.76. The highest BCUT2D eigenvalue weighted by Crippen LogP contribution is 2.22. The number of carboxylic acids is 1. The van der Waals surface area contributed by atoms with Crippen LogP contribution in [-0.2, 0) is 4.79 Å². The molecule has 0 saturated carbocycles. The summed E-state index contributed by atoms with van der Waals surface area (Å²) in [6, 6.07) is 1.71. The number of rotatable bonds is 5. The Hall–Kier alpha value is -1.10. The standard InChI is InChI=1S/C9H12N2O2S/c1-2-4-7(8(12)13)14-9-10-5-3-6-11-9/h3,5-7H,2,4H2,1H3,(H,12,13). The van der Waals surface area contributed by atoms with Gasteiger partial charge in [-0.3, -0.25) is 4.79 Å². The fourth-order valence-electron chi connectivity index (χ4n) is 0.969. The maximum absolute atomic E-state index is 10.8. The molecule has 0 aliphatic heterocycles. The molecule has 1 heterocycles. The highest BCUT2D eigenvalue weighted by molar-refractivity contribution is 8.00. The van der Waals surface area contributed by atoms with Gasteiger partial charge in [-0.1, -0.05) is 25.1 Å². The van der Waals surface area contributed by atoms with Crippen molar-refractivity contribution < 1.29 is 9.90 Å². The predicted molar refractivity (Wildman–Crippen MR) is 54.2 cm³/mol. The van der Waals surface area contributed by atoms with E-state index in [1.807, 2.05) is 6.92 Å².